The van der Waals surface area contributed by atoms with Crippen molar-refractivity contribution < 1.29 is 9.90 Å². The molecule has 7 heteroatoms. The molecule has 1 aliphatic carbocycles. The molecule has 2 aromatic heterocycles. The van der Waals surface area contributed by atoms with E-state index >= 15 is 0 Å². The fraction of sp³-hybridized carbons (Fsp3) is 0.538. The van der Waals surface area contributed by atoms with Crippen LogP contribution in [0.4, 0.5) is 5.82 Å². The molecule has 3 rings (SSSR count). The van der Waals surface area contributed by atoms with Crippen LogP contribution < -0.4 is 5.32 Å². The second kappa shape index (κ2) is 5.07. The number of aromatic nitrogens is 4. The highest BCUT2D eigenvalue weighted by Gasteiger charge is 2.32. The van der Waals surface area contributed by atoms with Crippen LogP contribution in [-0.4, -0.2) is 37.4 Å². The van der Waals surface area contributed by atoms with Crippen molar-refractivity contribution >= 4 is 22.8 Å². The molecule has 0 aromatic carbocycles. The average Bonchev–Trinajstić information content (AvgIpc) is 3.04. The minimum atomic E-state index is -0.691. The summed E-state index contributed by atoms with van der Waals surface area (Å²) in [5, 5.41) is 17.5. The number of rotatable bonds is 4. The first-order valence-corrected chi connectivity index (χ1v) is 6.76. The molecule has 0 bridgehead atoms. The van der Waals surface area contributed by atoms with Gasteiger partial charge in [-0.05, 0) is 18.8 Å². The predicted molar refractivity (Wildman–Crippen MR) is 73.3 cm³/mol. The Morgan fingerprint density at radius 3 is 3.15 bits per heavy atom. The number of carboxylic acids is 1. The molecule has 2 atom stereocenters. The summed E-state index contributed by atoms with van der Waals surface area (Å²) >= 11 is 0. The van der Waals surface area contributed by atoms with E-state index < -0.39 is 5.97 Å². The molecule has 0 amide bonds. The van der Waals surface area contributed by atoms with E-state index in [1.165, 1.54) is 6.33 Å². The molecule has 0 saturated heterocycles. The van der Waals surface area contributed by atoms with E-state index in [1.807, 2.05) is 7.05 Å². The highest BCUT2D eigenvalue weighted by molar-refractivity contribution is 5.86. The van der Waals surface area contributed by atoms with E-state index in [0.717, 1.165) is 36.1 Å². The number of aliphatic carboxylic acids is 1. The second-order valence-electron chi connectivity index (χ2n) is 5.24. The van der Waals surface area contributed by atoms with E-state index in [2.05, 4.69) is 20.4 Å². The first-order chi connectivity index (χ1) is 9.66. The lowest BCUT2D eigenvalue weighted by Gasteiger charge is -2.16. The quantitative estimate of drug-likeness (QED) is 0.873. The van der Waals surface area contributed by atoms with Crippen molar-refractivity contribution in [1.82, 2.24) is 19.7 Å². The van der Waals surface area contributed by atoms with Gasteiger partial charge in [-0.25, -0.2) is 9.97 Å². The maximum Gasteiger partial charge on any atom is 0.306 e. The molecule has 1 saturated carbocycles. The molecule has 20 heavy (non-hydrogen) atoms. The van der Waals surface area contributed by atoms with Crippen molar-refractivity contribution in [2.24, 2.45) is 18.9 Å². The van der Waals surface area contributed by atoms with Crippen molar-refractivity contribution in [2.45, 2.75) is 19.3 Å². The summed E-state index contributed by atoms with van der Waals surface area (Å²) in [6.45, 7) is 0.623. The number of nitrogens with zero attached hydrogens (tertiary/aromatic N) is 4. The molecular formula is C13H17N5O2. The van der Waals surface area contributed by atoms with E-state index in [0.29, 0.717) is 6.54 Å². The minimum Gasteiger partial charge on any atom is -0.481 e. The largest absolute Gasteiger partial charge is 0.481 e. The third-order valence-corrected chi connectivity index (χ3v) is 4.04. The van der Waals surface area contributed by atoms with E-state index in [9.17, 15) is 9.90 Å². The maximum absolute atomic E-state index is 11.2. The first-order valence-electron chi connectivity index (χ1n) is 6.76. The van der Waals surface area contributed by atoms with Gasteiger partial charge in [0.2, 0.25) is 0 Å². The summed E-state index contributed by atoms with van der Waals surface area (Å²) in [6, 6.07) is 0. The molecule has 0 radical (unpaired) electrons. The second-order valence-corrected chi connectivity index (χ2v) is 5.24. The number of carbonyl (C=O) groups is 1. The van der Waals surface area contributed by atoms with Gasteiger partial charge in [0.05, 0.1) is 17.5 Å². The van der Waals surface area contributed by atoms with Gasteiger partial charge in [0.15, 0.2) is 5.65 Å². The molecule has 106 valence electrons. The Morgan fingerprint density at radius 1 is 1.50 bits per heavy atom. The van der Waals surface area contributed by atoms with Crippen molar-refractivity contribution in [1.29, 1.82) is 0 Å². The third-order valence-electron chi connectivity index (χ3n) is 4.04. The topological polar surface area (TPSA) is 92.9 Å². The summed E-state index contributed by atoms with van der Waals surface area (Å²) < 4.78 is 1.69. The van der Waals surface area contributed by atoms with Crippen molar-refractivity contribution in [3.63, 3.8) is 0 Å². The molecule has 2 heterocycles. The van der Waals surface area contributed by atoms with Crippen molar-refractivity contribution in [3.05, 3.63) is 12.5 Å². The normalized spacial score (nSPS) is 22.2. The highest BCUT2D eigenvalue weighted by atomic mass is 16.4. The Kier molecular flexibility index (Phi) is 3.25. The molecule has 2 unspecified atom stereocenters. The molecule has 1 aliphatic rings. The van der Waals surface area contributed by atoms with E-state index in [1.54, 1.807) is 10.9 Å². The van der Waals surface area contributed by atoms with Crippen LogP contribution in [0.15, 0.2) is 12.5 Å². The summed E-state index contributed by atoms with van der Waals surface area (Å²) in [6.07, 6.45) is 5.92. The monoisotopic (exact) mass is 275 g/mol. The average molecular weight is 275 g/mol. The lowest BCUT2D eigenvalue weighted by molar-refractivity contribution is -0.142. The summed E-state index contributed by atoms with van der Waals surface area (Å²) in [4.78, 5) is 19.6. The molecule has 0 aliphatic heterocycles. The van der Waals surface area contributed by atoms with Gasteiger partial charge in [0.25, 0.3) is 0 Å². The zero-order valence-electron chi connectivity index (χ0n) is 11.3. The fourth-order valence-electron chi connectivity index (χ4n) is 2.94. The Morgan fingerprint density at radius 2 is 2.35 bits per heavy atom. The van der Waals surface area contributed by atoms with Crippen LogP contribution in [0.25, 0.3) is 11.0 Å². The van der Waals surface area contributed by atoms with Gasteiger partial charge in [-0.15, -0.1) is 0 Å². The standard InChI is InChI=1S/C13H17N5O2/c1-18-12-10(6-17-18)11(15-7-16-12)14-5-8-3-2-4-9(8)13(19)20/h6-9H,2-5H2,1H3,(H,19,20)(H,14,15,16). The van der Waals surface area contributed by atoms with Gasteiger partial charge in [-0.1, -0.05) is 6.42 Å². The third kappa shape index (κ3) is 2.19. The molecular weight excluding hydrogens is 258 g/mol. The van der Waals surface area contributed by atoms with Gasteiger partial charge in [-0.3, -0.25) is 9.48 Å². The maximum atomic E-state index is 11.2. The Labute approximate surface area is 116 Å². The number of hydrogen-bond acceptors (Lipinski definition) is 5. The van der Waals surface area contributed by atoms with Crippen LogP contribution in [0.3, 0.4) is 0 Å². The van der Waals surface area contributed by atoms with Gasteiger partial charge < -0.3 is 10.4 Å². The fourth-order valence-corrected chi connectivity index (χ4v) is 2.94. The van der Waals surface area contributed by atoms with E-state index in [4.69, 9.17) is 0 Å². The number of carboxylic acid groups (broad SMARTS) is 1. The van der Waals surface area contributed by atoms with Crippen LogP contribution >= 0.6 is 0 Å². The molecule has 1 fully saturated rings. The Bertz CT molecular complexity index is 639. The lowest BCUT2D eigenvalue weighted by atomic mass is 9.96. The van der Waals surface area contributed by atoms with Gasteiger partial charge in [-0.2, -0.15) is 5.10 Å². The molecule has 2 N–H and O–H groups in total. The number of anilines is 1. The van der Waals surface area contributed by atoms with Crippen LogP contribution in [0.2, 0.25) is 0 Å². The smallest absolute Gasteiger partial charge is 0.306 e. The SMILES string of the molecule is Cn1ncc2c(NCC3CCCC3C(=O)O)ncnc21. The Hall–Kier alpha value is -2.18. The molecule has 7 nitrogen and oxygen atoms in total. The molecule has 0 spiro atoms. The summed E-state index contributed by atoms with van der Waals surface area (Å²) in [7, 11) is 1.83. The zero-order chi connectivity index (χ0) is 14.1. The molecule has 2 aromatic rings. The van der Waals surface area contributed by atoms with Crippen molar-refractivity contribution in [2.75, 3.05) is 11.9 Å². The number of hydrogen-bond donors (Lipinski definition) is 2. The van der Waals surface area contributed by atoms with Gasteiger partial charge >= 0.3 is 5.97 Å². The summed E-state index contributed by atoms with van der Waals surface area (Å²) in [5.41, 5.74) is 0.767. The predicted octanol–water partition coefficient (Wildman–Crippen LogP) is 1.28. The van der Waals surface area contributed by atoms with Crippen LogP contribution in [0.5, 0.6) is 0 Å². The van der Waals surface area contributed by atoms with Crippen molar-refractivity contribution in [3.8, 4) is 0 Å². The highest BCUT2D eigenvalue weighted by Crippen LogP contribution is 2.32. The number of nitrogens with one attached hydrogen (secondary N) is 1. The van der Waals surface area contributed by atoms with Gasteiger partial charge in [0.1, 0.15) is 12.1 Å². The number of fused-ring (bicyclic) bond motifs is 1. The summed E-state index contributed by atoms with van der Waals surface area (Å²) in [5.74, 6) is -0.0504. The van der Waals surface area contributed by atoms with Crippen LogP contribution in [0.1, 0.15) is 19.3 Å². The van der Waals surface area contributed by atoms with Crippen LogP contribution in [-0.2, 0) is 11.8 Å². The van der Waals surface area contributed by atoms with Crippen LogP contribution in [0, 0.1) is 11.8 Å². The minimum absolute atomic E-state index is 0.161. The first kappa shape index (κ1) is 12.8. The lowest BCUT2D eigenvalue weighted by Crippen LogP contribution is -2.24. The number of aryl methyl sites for hydroxylation is 1. The van der Waals surface area contributed by atoms with Gasteiger partial charge in [0, 0.05) is 13.6 Å². The van der Waals surface area contributed by atoms with E-state index in [-0.39, 0.29) is 11.8 Å². The zero-order valence-corrected chi connectivity index (χ0v) is 11.3. The Balaban J connectivity index is 1.75.